The summed E-state index contributed by atoms with van der Waals surface area (Å²) in [6.45, 7) is 7.92. The Morgan fingerprint density at radius 2 is 2.18 bits per heavy atom. The van der Waals surface area contributed by atoms with E-state index in [9.17, 15) is 0 Å². The molecule has 2 rings (SSSR count). The fourth-order valence-corrected chi connectivity index (χ4v) is 1.71. The normalized spacial score (nSPS) is 11.3. The van der Waals surface area contributed by atoms with Gasteiger partial charge in [-0.1, -0.05) is 13.8 Å². The number of nitrogens with zero attached hydrogens (tertiary/aromatic N) is 2. The zero-order chi connectivity index (χ0) is 12.3. The van der Waals surface area contributed by atoms with E-state index >= 15 is 0 Å². The second-order valence-electron chi connectivity index (χ2n) is 4.33. The predicted octanol–water partition coefficient (Wildman–Crippen LogP) is 2.66. The van der Waals surface area contributed by atoms with Crippen LogP contribution in [0.3, 0.4) is 0 Å². The molecule has 2 aromatic rings. The van der Waals surface area contributed by atoms with Crippen LogP contribution in [0.25, 0.3) is 11.5 Å². The molecule has 4 heteroatoms. The number of hydrogen-bond donors (Lipinski definition) is 1. The van der Waals surface area contributed by atoms with Crippen molar-refractivity contribution in [3.05, 3.63) is 30.2 Å². The van der Waals surface area contributed by atoms with Crippen molar-refractivity contribution >= 4 is 0 Å². The third kappa shape index (κ3) is 2.77. The fourth-order valence-electron chi connectivity index (χ4n) is 1.71. The summed E-state index contributed by atoms with van der Waals surface area (Å²) >= 11 is 0. The molecule has 0 atom stereocenters. The second-order valence-corrected chi connectivity index (χ2v) is 4.33. The van der Waals surface area contributed by atoms with Gasteiger partial charge in [-0.3, -0.25) is 4.68 Å². The van der Waals surface area contributed by atoms with Crippen LogP contribution in [-0.4, -0.2) is 15.8 Å². The van der Waals surface area contributed by atoms with E-state index in [2.05, 4.69) is 31.2 Å². The quantitative estimate of drug-likeness (QED) is 0.863. The molecular formula is C13H19N3O. The Morgan fingerprint density at radius 3 is 2.88 bits per heavy atom. The molecule has 0 spiro atoms. The van der Waals surface area contributed by atoms with Gasteiger partial charge in [0.1, 0.15) is 11.5 Å². The number of aryl methyl sites for hydroxylation is 1. The maximum Gasteiger partial charge on any atom is 0.152 e. The van der Waals surface area contributed by atoms with Gasteiger partial charge < -0.3 is 9.73 Å². The van der Waals surface area contributed by atoms with Crippen molar-refractivity contribution in [2.24, 2.45) is 0 Å². The summed E-state index contributed by atoms with van der Waals surface area (Å²) in [6, 6.07) is 6.45. The summed E-state index contributed by atoms with van der Waals surface area (Å²) in [5.41, 5.74) is 1.03. The van der Waals surface area contributed by atoms with E-state index < -0.39 is 0 Å². The second kappa shape index (κ2) is 5.19. The minimum Gasteiger partial charge on any atom is -0.458 e. The summed E-state index contributed by atoms with van der Waals surface area (Å²) in [7, 11) is 0. The zero-order valence-electron chi connectivity index (χ0n) is 10.6. The lowest BCUT2D eigenvalue weighted by atomic mass is 10.3. The highest BCUT2D eigenvalue weighted by molar-refractivity contribution is 5.52. The van der Waals surface area contributed by atoms with Crippen molar-refractivity contribution in [1.82, 2.24) is 15.1 Å². The Balaban J connectivity index is 2.12. The fraction of sp³-hybridized carbons (Fsp3) is 0.462. The summed E-state index contributed by atoms with van der Waals surface area (Å²) in [5.74, 6) is 1.84. The van der Waals surface area contributed by atoms with Gasteiger partial charge in [-0.2, -0.15) is 5.10 Å². The molecule has 0 aliphatic heterocycles. The maximum absolute atomic E-state index is 5.80. The molecule has 0 saturated heterocycles. The Morgan fingerprint density at radius 1 is 1.35 bits per heavy atom. The first-order valence-corrected chi connectivity index (χ1v) is 6.05. The Labute approximate surface area is 102 Å². The molecule has 92 valence electrons. The monoisotopic (exact) mass is 233 g/mol. The number of nitrogens with one attached hydrogen (secondary N) is 1. The van der Waals surface area contributed by atoms with Crippen molar-refractivity contribution in [1.29, 1.82) is 0 Å². The van der Waals surface area contributed by atoms with Gasteiger partial charge in [0, 0.05) is 18.8 Å². The molecule has 0 aliphatic rings. The molecule has 0 aromatic carbocycles. The topological polar surface area (TPSA) is 43.0 Å². The van der Waals surface area contributed by atoms with Crippen molar-refractivity contribution in [3.63, 3.8) is 0 Å². The summed E-state index contributed by atoms with van der Waals surface area (Å²) in [6.07, 6.45) is 1.80. The molecule has 17 heavy (non-hydrogen) atoms. The lowest BCUT2D eigenvalue weighted by molar-refractivity contribution is 0.469. The van der Waals surface area contributed by atoms with Crippen LogP contribution < -0.4 is 5.32 Å². The standard InChI is InChI=1S/C13H19N3O/c1-4-16-12(7-8-15-16)13-6-5-11(17-13)9-14-10(2)3/h5-8,10,14H,4,9H2,1-3H3. The first-order valence-electron chi connectivity index (χ1n) is 6.05. The van der Waals surface area contributed by atoms with Crippen LogP contribution in [0, 0.1) is 0 Å². The first kappa shape index (κ1) is 11.9. The third-order valence-corrected chi connectivity index (χ3v) is 2.61. The van der Waals surface area contributed by atoms with E-state index in [1.807, 2.05) is 22.9 Å². The third-order valence-electron chi connectivity index (χ3n) is 2.61. The minimum atomic E-state index is 0.463. The van der Waals surface area contributed by atoms with Crippen molar-refractivity contribution in [2.75, 3.05) is 0 Å². The van der Waals surface area contributed by atoms with Gasteiger partial charge in [-0.25, -0.2) is 0 Å². The Bertz CT molecular complexity index is 470. The molecule has 0 fully saturated rings. The molecular weight excluding hydrogens is 214 g/mol. The average Bonchev–Trinajstić information content (AvgIpc) is 2.94. The van der Waals surface area contributed by atoms with Gasteiger partial charge in [-0.15, -0.1) is 0 Å². The Kier molecular flexibility index (Phi) is 3.64. The molecule has 0 amide bonds. The molecule has 1 N–H and O–H groups in total. The van der Waals surface area contributed by atoms with Gasteiger partial charge in [0.2, 0.25) is 0 Å². The lowest BCUT2D eigenvalue weighted by Crippen LogP contribution is -2.21. The molecule has 2 heterocycles. The van der Waals surface area contributed by atoms with E-state index in [0.717, 1.165) is 30.3 Å². The summed E-state index contributed by atoms with van der Waals surface area (Å²) in [5, 5.41) is 7.57. The lowest BCUT2D eigenvalue weighted by Gasteiger charge is -2.05. The van der Waals surface area contributed by atoms with Gasteiger partial charge in [0.15, 0.2) is 5.76 Å². The van der Waals surface area contributed by atoms with Crippen LogP contribution in [0.4, 0.5) is 0 Å². The van der Waals surface area contributed by atoms with E-state index in [1.54, 1.807) is 6.20 Å². The highest BCUT2D eigenvalue weighted by atomic mass is 16.3. The molecule has 0 radical (unpaired) electrons. The number of rotatable bonds is 5. The molecule has 4 nitrogen and oxygen atoms in total. The number of furan rings is 1. The average molecular weight is 233 g/mol. The molecule has 0 bridgehead atoms. The van der Waals surface area contributed by atoms with Crippen molar-refractivity contribution < 1.29 is 4.42 Å². The highest BCUT2D eigenvalue weighted by Gasteiger charge is 2.09. The van der Waals surface area contributed by atoms with Gasteiger partial charge in [0.05, 0.1) is 6.54 Å². The largest absolute Gasteiger partial charge is 0.458 e. The molecule has 0 unspecified atom stereocenters. The molecule has 2 aromatic heterocycles. The van der Waals surface area contributed by atoms with E-state index in [0.29, 0.717) is 6.04 Å². The van der Waals surface area contributed by atoms with Crippen LogP contribution in [0.15, 0.2) is 28.8 Å². The van der Waals surface area contributed by atoms with E-state index in [4.69, 9.17) is 4.42 Å². The first-order chi connectivity index (χ1) is 8.20. The van der Waals surface area contributed by atoms with Crippen molar-refractivity contribution in [3.8, 4) is 11.5 Å². The zero-order valence-corrected chi connectivity index (χ0v) is 10.6. The van der Waals surface area contributed by atoms with Crippen LogP contribution in [-0.2, 0) is 13.1 Å². The number of aromatic nitrogens is 2. The molecule has 0 saturated carbocycles. The Hall–Kier alpha value is -1.55. The van der Waals surface area contributed by atoms with Crippen LogP contribution in [0.2, 0.25) is 0 Å². The SMILES string of the molecule is CCn1nccc1-c1ccc(CNC(C)C)o1. The number of hydrogen-bond acceptors (Lipinski definition) is 3. The summed E-state index contributed by atoms with van der Waals surface area (Å²) < 4.78 is 7.73. The van der Waals surface area contributed by atoms with Gasteiger partial charge in [0.25, 0.3) is 0 Å². The predicted molar refractivity (Wildman–Crippen MR) is 67.6 cm³/mol. The molecule has 0 aliphatic carbocycles. The van der Waals surface area contributed by atoms with Crippen LogP contribution >= 0.6 is 0 Å². The summed E-state index contributed by atoms with van der Waals surface area (Å²) in [4.78, 5) is 0. The van der Waals surface area contributed by atoms with E-state index in [1.165, 1.54) is 0 Å². The smallest absolute Gasteiger partial charge is 0.152 e. The van der Waals surface area contributed by atoms with Gasteiger partial charge in [-0.05, 0) is 25.1 Å². The maximum atomic E-state index is 5.80. The highest BCUT2D eigenvalue weighted by Crippen LogP contribution is 2.21. The minimum absolute atomic E-state index is 0.463. The van der Waals surface area contributed by atoms with E-state index in [-0.39, 0.29) is 0 Å². The van der Waals surface area contributed by atoms with Crippen LogP contribution in [0.5, 0.6) is 0 Å². The van der Waals surface area contributed by atoms with Gasteiger partial charge >= 0.3 is 0 Å². The van der Waals surface area contributed by atoms with Crippen molar-refractivity contribution in [2.45, 2.75) is 39.9 Å². The van der Waals surface area contributed by atoms with Crippen LogP contribution in [0.1, 0.15) is 26.5 Å².